The molecule has 4 nitrogen and oxygen atoms in total. The third-order valence-electron chi connectivity index (χ3n) is 15.3. The molecular weight excluding hydrogens is 877 g/mol. The maximum absolute atomic E-state index is 3.19. The van der Waals surface area contributed by atoms with Crippen LogP contribution in [-0.2, 0) is 0 Å². The summed E-state index contributed by atoms with van der Waals surface area (Å²) in [7, 11) is -3.19. The molecule has 0 N–H and O–H groups in total. The lowest BCUT2D eigenvalue weighted by molar-refractivity contribution is 1.17. The highest BCUT2D eigenvalue weighted by Gasteiger charge is 2.44. The quantitative estimate of drug-likeness (QED) is 0.112. The summed E-state index contributed by atoms with van der Waals surface area (Å²) in [5, 5.41) is 14.0. The lowest BCUT2D eigenvalue weighted by atomic mass is 10.1. The third kappa shape index (κ3) is 5.66. The Hall–Kier alpha value is -9.16. The van der Waals surface area contributed by atoms with Crippen LogP contribution in [0.3, 0.4) is 0 Å². The molecule has 5 heteroatoms. The smallest absolute Gasteiger partial charge is 0.257 e. The van der Waals surface area contributed by atoms with Crippen molar-refractivity contribution in [2.45, 2.75) is 0 Å². The number of hydrogen-bond acceptors (Lipinski definition) is 0. The first-order valence-electron chi connectivity index (χ1n) is 24.5. The molecule has 4 aromatic heterocycles. The van der Waals surface area contributed by atoms with Gasteiger partial charge in [0.1, 0.15) is 0 Å². The molecule has 0 saturated heterocycles. The fourth-order valence-electron chi connectivity index (χ4n) is 12.3. The third-order valence-corrected chi connectivity index (χ3v) is 19.9. The first kappa shape index (κ1) is 39.8. The summed E-state index contributed by atoms with van der Waals surface area (Å²) in [5.74, 6) is 0. The molecule has 4 heterocycles. The van der Waals surface area contributed by atoms with Crippen molar-refractivity contribution in [3.8, 4) is 17.1 Å². The van der Waals surface area contributed by atoms with Crippen LogP contribution in [0, 0.1) is 0 Å². The van der Waals surface area contributed by atoms with Crippen molar-refractivity contribution in [1.82, 2.24) is 17.9 Å². The number of hydrogen-bond donors (Lipinski definition) is 0. The van der Waals surface area contributed by atoms with E-state index < -0.39 is 8.24 Å². The van der Waals surface area contributed by atoms with E-state index in [1.54, 1.807) is 0 Å². The van der Waals surface area contributed by atoms with Gasteiger partial charge in [0.2, 0.25) is 0 Å². The average Bonchev–Trinajstić information content (AvgIpc) is 4.17. The predicted molar refractivity (Wildman–Crippen MR) is 302 cm³/mol. The zero-order chi connectivity index (χ0) is 46.6. The molecule has 0 radical (unpaired) electrons. The van der Waals surface area contributed by atoms with E-state index in [-0.39, 0.29) is 0 Å². The van der Waals surface area contributed by atoms with Crippen LogP contribution in [0.2, 0.25) is 0 Å². The van der Waals surface area contributed by atoms with Crippen LogP contribution in [0.25, 0.3) is 104 Å². The van der Waals surface area contributed by atoms with E-state index in [1.807, 2.05) is 0 Å². The van der Waals surface area contributed by atoms with Gasteiger partial charge in [0, 0.05) is 71.2 Å². The minimum absolute atomic E-state index is 1.13. The van der Waals surface area contributed by atoms with Crippen LogP contribution in [-0.4, -0.2) is 26.2 Å². The Morgan fingerprint density at radius 1 is 0.197 bits per heavy atom. The summed E-state index contributed by atoms with van der Waals surface area (Å²) in [4.78, 5) is 0. The van der Waals surface area contributed by atoms with Gasteiger partial charge in [-0.05, 0) is 100 Å². The highest BCUT2D eigenvalue weighted by molar-refractivity contribution is 7.11. The van der Waals surface area contributed by atoms with Crippen molar-refractivity contribution < 1.29 is 0 Å². The second kappa shape index (κ2) is 15.4. The lowest BCUT2D eigenvalue weighted by Gasteiger charge is -2.36. The lowest BCUT2D eigenvalue weighted by Crippen LogP contribution is -2.72. The number of nitrogens with zero attached hydrogens (tertiary/aromatic N) is 4. The normalized spacial score (nSPS) is 12.9. The molecule has 0 aliphatic heterocycles. The van der Waals surface area contributed by atoms with Crippen LogP contribution < -0.4 is 15.6 Å². The van der Waals surface area contributed by atoms with Crippen molar-refractivity contribution in [3.63, 3.8) is 0 Å². The molecule has 11 aromatic carbocycles. The van der Waals surface area contributed by atoms with E-state index in [1.165, 1.54) is 103 Å². The Kier molecular flexibility index (Phi) is 8.64. The second-order valence-electron chi connectivity index (χ2n) is 18.8. The number of para-hydroxylation sites is 7. The molecule has 1 atom stereocenters. The Balaban J connectivity index is 0.961. The predicted octanol–water partition coefficient (Wildman–Crippen LogP) is 14.6. The standard InChI is InChI=1S/C66H44N4Si/c1-2-18-48(19-3-1)71(70-65-32-16-9-24-55(65)56-25-10-17-33-66(56)70,49-39-34-45(35-40-49)67-59-27-11-4-20-51(59)52-21-5-12-28-60(52)67)50-41-36-46(37-42-50)68-63-31-15-8-26-57(63)58-44-47(38-43-64(58)68)69-61-29-13-6-22-53(61)54-23-7-14-30-62(54)69/h1-44H. The van der Waals surface area contributed by atoms with E-state index in [4.69, 9.17) is 0 Å². The highest BCUT2D eigenvalue weighted by Crippen LogP contribution is 2.38. The molecule has 0 saturated carbocycles. The van der Waals surface area contributed by atoms with Crippen molar-refractivity contribution >= 4 is 111 Å². The highest BCUT2D eigenvalue weighted by atomic mass is 28.3. The van der Waals surface area contributed by atoms with Crippen LogP contribution in [0.1, 0.15) is 0 Å². The van der Waals surface area contributed by atoms with Crippen LogP contribution in [0.15, 0.2) is 267 Å². The Morgan fingerprint density at radius 2 is 0.465 bits per heavy atom. The average molecular weight is 921 g/mol. The van der Waals surface area contributed by atoms with Gasteiger partial charge >= 0.3 is 0 Å². The van der Waals surface area contributed by atoms with Gasteiger partial charge in [0.25, 0.3) is 8.24 Å². The monoisotopic (exact) mass is 920 g/mol. The molecule has 1 unspecified atom stereocenters. The van der Waals surface area contributed by atoms with E-state index in [2.05, 4.69) is 285 Å². The van der Waals surface area contributed by atoms with Gasteiger partial charge in [-0.2, -0.15) is 0 Å². The molecule has 0 bridgehead atoms. The molecule has 71 heavy (non-hydrogen) atoms. The Bertz CT molecular complexity index is 4410. The molecule has 0 spiro atoms. The van der Waals surface area contributed by atoms with Crippen molar-refractivity contribution in [3.05, 3.63) is 267 Å². The maximum atomic E-state index is 2.74. The van der Waals surface area contributed by atoms with Gasteiger partial charge in [0.15, 0.2) is 0 Å². The van der Waals surface area contributed by atoms with Gasteiger partial charge in [-0.1, -0.05) is 182 Å². The maximum Gasteiger partial charge on any atom is 0.257 e. The first-order chi connectivity index (χ1) is 35.3. The molecule has 0 amide bonds. The zero-order valence-electron chi connectivity index (χ0n) is 38.7. The topological polar surface area (TPSA) is 19.7 Å². The van der Waals surface area contributed by atoms with Crippen molar-refractivity contribution in [1.29, 1.82) is 0 Å². The molecular formula is C66H44N4Si. The number of fused-ring (bicyclic) bond motifs is 12. The second-order valence-corrected chi connectivity index (χ2v) is 22.4. The van der Waals surface area contributed by atoms with Gasteiger partial charge < -0.3 is 17.9 Å². The van der Waals surface area contributed by atoms with Gasteiger partial charge in [-0.15, -0.1) is 0 Å². The summed E-state index contributed by atoms with van der Waals surface area (Å²) in [5.41, 5.74) is 13.1. The van der Waals surface area contributed by atoms with E-state index in [0.29, 0.717) is 0 Å². The van der Waals surface area contributed by atoms with Crippen molar-refractivity contribution in [2.24, 2.45) is 0 Å². The number of aromatic nitrogens is 4. The van der Waals surface area contributed by atoms with E-state index in [0.717, 1.165) is 17.1 Å². The number of benzene rings is 11. The minimum Gasteiger partial charge on any atom is -0.355 e. The Morgan fingerprint density at radius 3 is 0.859 bits per heavy atom. The van der Waals surface area contributed by atoms with Gasteiger partial charge in [-0.25, -0.2) is 0 Å². The first-order valence-corrected chi connectivity index (χ1v) is 26.5. The molecule has 0 fully saturated rings. The summed E-state index contributed by atoms with van der Waals surface area (Å²) in [6, 6.07) is 99.4. The summed E-state index contributed by atoms with van der Waals surface area (Å²) in [6.45, 7) is 0. The van der Waals surface area contributed by atoms with Gasteiger partial charge in [0.05, 0.1) is 33.1 Å². The SMILES string of the molecule is c1ccc([Si](c2ccc(-n3c4ccccc4c4ccccc43)cc2)(c2ccc(-n3c4ccccc4c4cc(-n5c6ccccc6c6ccccc65)ccc43)cc2)n2c3ccccc3c3ccccc32)cc1. The zero-order valence-corrected chi connectivity index (χ0v) is 39.7. The minimum atomic E-state index is -3.19. The molecule has 0 aliphatic carbocycles. The van der Waals surface area contributed by atoms with Crippen LogP contribution in [0.4, 0.5) is 0 Å². The summed E-state index contributed by atoms with van der Waals surface area (Å²) in [6.07, 6.45) is 0. The van der Waals surface area contributed by atoms with Crippen LogP contribution in [0.5, 0.6) is 0 Å². The molecule has 15 aromatic rings. The van der Waals surface area contributed by atoms with Crippen LogP contribution >= 0.6 is 0 Å². The molecule has 332 valence electrons. The van der Waals surface area contributed by atoms with E-state index in [9.17, 15) is 0 Å². The van der Waals surface area contributed by atoms with Crippen molar-refractivity contribution in [2.75, 3.05) is 0 Å². The molecule has 0 aliphatic rings. The summed E-state index contributed by atoms with van der Waals surface area (Å²) < 4.78 is 10.0. The Labute approximate surface area is 410 Å². The fourth-order valence-corrected chi connectivity index (χ4v) is 17.2. The number of rotatable bonds is 7. The summed E-state index contributed by atoms with van der Waals surface area (Å²) >= 11 is 0. The fraction of sp³-hybridized carbons (Fsp3) is 0. The largest absolute Gasteiger partial charge is 0.355 e. The van der Waals surface area contributed by atoms with E-state index >= 15 is 0 Å². The van der Waals surface area contributed by atoms with Gasteiger partial charge in [-0.3, -0.25) is 0 Å². The molecule has 15 rings (SSSR count).